The summed E-state index contributed by atoms with van der Waals surface area (Å²) in [6.07, 6.45) is 5.50. The predicted molar refractivity (Wildman–Crippen MR) is 51.1 cm³/mol. The molecule has 15 heavy (non-hydrogen) atoms. The zero-order valence-corrected chi connectivity index (χ0v) is 8.09. The third kappa shape index (κ3) is 1.94. The average Bonchev–Trinajstić information content (AvgIpc) is 2.65. The molecule has 7 heteroatoms. The third-order valence-electron chi connectivity index (χ3n) is 1.63. The Kier molecular flexibility index (Phi) is 2.34. The highest BCUT2D eigenvalue weighted by molar-refractivity contribution is 6.30. The van der Waals surface area contributed by atoms with E-state index >= 15 is 0 Å². The Morgan fingerprint density at radius 1 is 1.40 bits per heavy atom. The molecule has 0 atom stereocenters. The molecule has 0 saturated heterocycles. The number of carboxylic acids is 1. The second kappa shape index (κ2) is 3.66. The van der Waals surface area contributed by atoms with Gasteiger partial charge in [0.1, 0.15) is 0 Å². The largest absolute Gasteiger partial charge is 0.476 e. The number of aromatic carboxylic acids is 1. The number of nitrogens with zero attached hydrogens (tertiary/aromatic N) is 4. The van der Waals surface area contributed by atoms with E-state index in [0.29, 0.717) is 10.8 Å². The van der Waals surface area contributed by atoms with E-state index in [-0.39, 0.29) is 5.69 Å². The lowest BCUT2D eigenvalue weighted by atomic mass is 10.4. The van der Waals surface area contributed by atoms with Crippen LogP contribution in [0.2, 0.25) is 5.02 Å². The number of aromatic nitrogens is 4. The van der Waals surface area contributed by atoms with Crippen molar-refractivity contribution in [3.05, 3.63) is 35.5 Å². The molecule has 0 saturated carbocycles. The van der Waals surface area contributed by atoms with Gasteiger partial charge >= 0.3 is 5.97 Å². The molecule has 0 amide bonds. The van der Waals surface area contributed by atoms with Crippen molar-refractivity contribution in [1.82, 2.24) is 19.7 Å². The van der Waals surface area contributed by atoms with Crippen molar-refractivity contribution < 1.29 is 9.90 Å². The molecular formula is C8H5ClN4O2. The molecule has 0 aliphatic rings. The van der Waals surface area contributed by atoms with Crippen LogP contribution >= 0.6 is 11.6 Å². The summed E-state index contributed by atoms with van der Waals surface area (Å²) in [6, 6.07) is 0. The standard InChI is InChI=1S/C8H5ClN4O2/c9-5-1-11-13(4-5)7-3-10-2-6(12-7)8(14)15/h1-4H,(H,14,15). The van der Waals surface area contributed by atoms with Crippen LogP contribution in [-0.4, -0.2) is 30.8 Å². The molecule has 0 fully saturated rings. The summed E-state index contributed by atoms with van der Waals surface area (Å²) in [7, 11) is 0. The van der Waals surface area contributed by atoms with Crippen molar-refractivity contribution in [2.45, 2.75) is 0 Å². The molecule has 0 radical (unpaired) electrons. The molecule has 1 N–H and O–H groups in total. The Labute approximate surface area is 89.2 Å². The van der Waals surface area contributed by atoms with E-state index in [2.05, 4.69) is 15.1 Å². The number of hydrogen-bond donors (Lipinski definition) is 1. The minimum Gasteiger partial charge on any atom is -0.476 e. The first kappa shape index (κ1) is 9.60. The molecule has 76 valence electrons. The quantitative estimate of drug-likeness (QED) is 0.824. The first-order valence-corrected chi connectivity index (χ1v) is 4.30. The SMILES string of the molecule is O=C(O)c1cncc(-n2cc(Cl)cn2)n1. The molecule has 0 aromatic carbocycles. The van der Waals surface area contributed by atoms with Gasteiger partial charge in [0.15, 0.2) is 11.5 Å². The van der Waals surface area contributed by atoms with Crippen LogP contribution in [0.1, 0.15) is 10.5 Å². The van der Waals surface area contributed by atoms with Gasteiger partial charge < -0.3 is 5.11 Å². The summed E-state index contributed by atoms with van der Waals surface area (Å²) in [6.45, 7) is 0. The van der Waals surface area contributed by atoms with Crippen molar-refractivity contribution in [2.75, 3.05) is 0 Å². The normalized spacial score (nSPS) is 10.2. The molecule has 0 unspecified atom stereocenters. The van der Waals surface area contributed by atoms with Crippen LogP contribution in [0.15, 0.2) is 24.8 Å². The van der Waals surface area contributed by atoms with Gasteiger partial charge in [0.05, 0.1) is 29.8 Å². The number of rotatable bonds is 2. The van der Waals surface area contributed by atoms with Crippen molar-refractivity contribution in [2.24, 2.45) is 0 Å². The van der Waals surface area contributed by atoms with E-state index in [9.17, 15) is 4.79 Å². The van der Waals surface area contributed by atoms with Gasteiger partial charge in [-0.2, -0.15) is 5.10 Å². The summed E-state index contributed by atoms with van der Waals surface area (Å²) in [5.74, 6) is -0.829. The van der Waals surface area contributed by atoms with Gasteiger partial charge in [-0.25, -0.2) is 14.5 Å². The monoisotopic (exact) mass is 224 g/mol. The third-order valence-corrected chi connectivity index (χ3v) is 1.82. The van der Waals surface area contributed by atoms with Gasteiger partial charge in [-0.15, -0.1) is 0 Å². The number of carbonyl (C=O) groups is 1. The molecule has 2 aromatic heterocycles. The number of hydrogen-bond acceptors (Lipinski definition) is 4. The van der Waals surface area contributed by atoms with Gasteiger partial charge in [-0.05, 0) is 0 Å². The fraction of sp³-hybridized carbons (Fsp3) is 0. The van der Waals surface area contributed by atoms with Crippen LogP contribution in [0.5, 0.6) is 0 Å². The zero-order chi connectivity index (χ0) is 10.8. The molecule has 0 aliphatic carbocycles. The second-order valence-corrected chi connectivity index (χ2v) is 3.11. The van der Waals surface area contributed by atoms with Crippen molar-refractivity contribution in [1.29, 1.82) is 0 Å². The summed E-state index contributed by atoms with van der Waals surface area (Å²) < 4.78 is 1.35. The van der Waals surface area contributed by atoms with E-state index in [1.165, 1.54) is 23.3 Å². The summed E-state index contributed by atoms with van der Waals surface area (Å²) in [5, 5.41) is 13.0. The zero-order valence-electron chi connectivity index (χ0n) is 7.33. The lowest BCUT2D eigenvalue weighted by molar-refractivity contribution is 0.0690. The molecule has 0 bridgehead atoms. The molecule has 2 heterocycles. The minimum absolute atomic E-state index is 0.140. The van der Waals surface area contributed by atoms with Crippen LogP contribution < -0.4 is 0 Å². The van der Waals surface area contributed by atoms with Crippen molar-refractivity contribution in [3.63, 3.8) is 0 Å². The van der Waals surface area contributed by atoms with Crippen LogP contribution in [0, 0.1) is 0 Å². The van der Waals surface area contributed by atoms with Crippen LogP contribution in [0.4, 0.5) is 0 Å². The fourth-order valence-electron chi connectivity index (χ4n) is 0.995. The van der Waals surface area contributed by atoms with E-state index in [4.69, 9.17) is 16.7 Å². The Morgan fingerprint density at radius 2 is 2.20 bits per heavy atom. The van der Waals surface area contributed by atoms with Crippen molar-refractivity contribution >= 4 is 17.6 Å². The molecule has 0 spiro atoms. The predicted octanol–water partition coefficient (Wildman–Crippen LogP) is 1.01. The highest BCUT2D eigenvalue weighted by Crippen LogP contribution is 2.09. The maximum atomic E-state index is 10.6. The Morgan fingerprint density at radius 3 is 2.80 bits per heavy atom. The molecule has 0 aliphatic heterocycles. The maximum Gasteiger partial charge on any atom is 0.356 e. The number of halogens is 1. The van der Waals surface area contributed by atoms with Crippen molar-refractivity contribution in [3.8, 4) is 5.82 Å². The van der Waals surface area contributed by atoms with Gasteiger partial charge in [0.25, 0.3) is 0 Å². The van der Waals surface area contributed by atoms with E-state index < -0.39 is 5.97 Å². The Hall–Kier alpha value is -1.95. The smallest absolute Gasteiger partial charge is 0.356 e. The minimum atomic E-state index is -1.14. The van der Waals surface area contributed by atoms with Gasteiger partial charge in [0.2, 0.25) is 0 Å². The summed E-state index contributed by atoms with van der Waals surface area (Å²) >= 11 is 5.66. The van der Waals surface area contributed by atoms with Crippen LogP contribution in [-0.2, 0) is 0 Å². The van der Waals surface area contributed by atoms with E-state index in [0.717, 1.165) is 6.20 Å². The molecular weight excluding hydrogens is 220 g/mol. The average molecular weight is 225 g/mol. The Bertz CT molecular complexity index is 511. The lowest BCUT2D eigenvalue weighted by Gasteiger charge is -1.99. The summed E-state index contributed by atoms with van der Waals surface area (Å²) in [4.78, 5) is 18.2. The lowest BCUT2D eigenvalue weighted by Crippen LogP contribution is -2.06. The van der Waals surface area contributed by atoms with Crippen LogP contribution in [0.25, 0.3) is 5.82 Å². The first-order chi connectivity index (χ1) is 7.16. The molecule has 6 nitrogen and oxygen atoms in total. The maximum absolute atomic E-state index is 10.6. The highest BCUT2D eigenvalue weighted by atomic mass is 35.5. The topological polar surface area (TPSA) is 80.9 Å². The first-order valence-electron chi connectivity index (χ1n) is 3.93. The van der Waals surface area contributed by atoms with Crippen LogP contribution in [0.3, 0.4) is 0 Å². The second-order valence-electron chi connectivity index (χ2n) is 2.67. The molecule has 2 aromatic rings. The van der Waals surface area contributed by atoms with Gasteiger partial charge in [-0.1, -0.05) is 11.6 Å². The highest BCUT2D eigenvalue weighted by Gasteiger charge is 2.07. The van der Waals surface area contributed by atoms with Gasteiger partial charge in [-0.3, -0.25) is 4.98 Å². The van der Waals surface area contributed by atoms with E-state index in [1.54, 1.807) is 0 Å². The number of carboxylic acid groups (broad SMARTS) is 1. The molecule has 2 rings (SSSR count). The Balaban J connectivity index is 2.45. The fourth-order valence-corrected chi connectivity index (χ4v) is 1.13. The van der Waals surface area contributed by atoms with E-state index in [1.807, 2.05) is 0 Å². The summed E-state index contributed by atoms with van der Waals surface area (Å²) in [5.41, 5.74) is -0.140. The van der Waals surface area contributed by atoms with Gasteiger partial charge in [0, 0.05) is 0 Å².